The Morgan fingerprint density at radius 3 is 2.75 bits per heavy atom. The molecule has 1 fully saturated rings. The minimum Gasteiger partial charge on any atom is -0.397 e. The van der Waals surface area contributed by atoms with E-state index in [1.54, 1.807) is 11.3 Å². The fourth-order valence-corrected chi connectivity index (χ4v) is 3.58. The first kappa shape index (κ1) is 13.6. The second-order valence-corrected chi connectivity index (χ2v) is 6.40. The molecule has 0 bridgehead atoms. The van der Waals surface area contributed by atoms with E-state index < -0.39 is 0 Å². The van der Waals surface area contributed by atoms with E-state index in [4.69, 9.17) is 10.8 Å². The fraction of sp³-hybridized carbons (Fsp3) is 0.500. The number of piperazine rings is 1. The number of nitrogen functional groups attached to an aromatic ring is 1. The summed E-state index contributed by atoms with van der Waals surface area (Å²) in [7, 11) is 0. The average Bonchev–Trinajstić information content (AvgIpc) is 2.78. The molecule has 1 aliphatic heterocycles. The van der Waals surface area contributed by atoms with Crippen molar-refractivity contribution in [2.45, 2.75) is 6.92 Å². The molecule has 1 aromatic carbocycles. The molecule has 1 aromatic heterocycles. The number of anilines is 2. The molecule has 5 nitrogen and oxygen atoms in total. The SMILES string of the molecule is Cc1nc2cc(N3CCN(CCO)CC3)c(N)cc2s1. The molecule has 20 heavy (non-hydrogen) atoms. The van der Waals surface area contributed by atoms with Crippen LogP contribution < -0.4 is 10.6 Å². The van der Waals surface area contributed by atoms with Crippen LogP contribution >= 0.6 is 11.3 Å². The van der Waals surface area contributed by atoms with Crippen LogP contribution in [0.5, 0.6) is 0 Å². The van der Waals surface area contributed by atoms with E-state index in [1.807, 2.05) is 13.0 Å². The van der Waals surface area contributed by atoms with Gasteiger partial charge in [-0.05, 0) is 19.1 Å². The standard InChI is InChI=1S/C14H20N4OS/c1-10-16-12-9-13(11(15)8-14(12)20-10)18-4-2-17(3-5-18)6-7-19/h8-9,19H,2-7,15H2,1H3. The number of benzene rings is 1. The minimum atomic E-state index is 0.228. The van der Waals surface area contributed by atoms with Crippen LogP contribution in [0.3, 0.4) is 0 Å². The van der Waals surface area contributed by atoms with Gasteiger partial charge in [-0.25, -0.2) is 4.98 Å². The topological polar surface area (TPSA) is 65.6 Å². The Labute approximate surface area is 122 Å². The number of hydrogen-bond acceptors (Lipinski definition) is 6. The van der Waals surface area contributed by atoms with E-state index in [9.17, 15) is 0 Å². The molecule has 1 saturated heterocycles. The Kier molecular flexibility index (Phi) is 3.78. The number of β-amino-alcohol motifs (C(OH)–C–C–N with tert-alkyl or cyclic N) is 1. The van der Waals surface area contributed by atoms with Gasteiger partial charge in [-0.1, -0.05) is 0 Å². The molecule has 108 valence electrons. The summed E-state index contributed by atoms with van der Waals surface area (Å²) in [4.78, 5) is 9.14. The summed E-state index contributed by atoms with van der Waals surface area (Å²) < 4.78 is 1.16. The van der Waals surface area contributed by atoms with Gasteiger partial charge in [0.15, 0.2) is 0 Å². The predicted molar refractivity (Wildman–Crippen MR) is 84.5 cm³/mol. The highest BCUT2D eigenvalue weighted by Crippen LogP contribution is 2.32. The smallest absolute Gasteiger partial charge is 0.0907 e. The number of aryl methyl sites for hydroxylation is 1. The van der Waals surface area contributed by atoms with Crippen molar-refractivity contribution in [2.24, 2.45) is 0 Å². The molecule has 2 aromatic rings. The number of nitrogens with zero attached hydrogens (tertiary/aromatic N) is 3. The summed E-state index contributed by atoms with van der Waals surface area (Å²) in [6.07, 6.45) is 0. The lowest BCUT2D eigenvalue weighted by atomic mass is 10.2. The van der Waals surface area contributed by atoms with E-state index >= 15 is 0 Å². The van der Waals surface area contributed by atoms with Crippen molar-refractivity contribution in [3.63, 3.8) is 0 Å². The van der Waals surface area contributed by atoms with Crippen molar-refractivity contribution in [1.29, 1.82) is 0 Å². The van der Waals surface area contributed by atoms with Crippen molar-refractivity contribution in [3.8, 4) is 0 Å². The van der Waals surface area contributed by atoms with E-state index in [1.165, 1.54) is 0 Å². The van der Waals surface area contributed by atoms with Crippen LogP contribution in [0.4, 0.5) is 11.4 Å². The van der Waals surface area contributed by atoms with Gasteiger partial charge in [0.05, 0.1) is 33.2 Å². The van der Waals surface area contributed by atoms with Crippen LogP contribution in [-0.2, 0) is 0 Å². The largest absolute Gasteiger partial charge is 0.397 e. The number of nitrogens with two attached hydrogens (primary N) is 1. The van der Waals surface area contributed by atoms with Gasteiger partial charge in [-0.3, -0.25) is 4.90 Å². The second kappa shape index (κ2) is 5.55. The number of aromatic nitrogens is 1. The van der Waals surface area contributed by atoms with Gasteiger partial charge in [-0.2, -0.15) is 0 Å². The van der Waals surface area contributed by atoms with Gasteiger partial charge in [-0.15, -0.1) is 11.3 Å². The third kappa shape index (κ3) is 2.59. The Hall–Kier alpha value is -1.37. The number of aliphatic hydroxyl groups is 1. The van der Waals surface area contributed by atoms with Crippen molar-refractivity contribution in [3.05, 3.63) is 17.1 Å². The third-order valence-corrected chi connectivity index (χ3v) is 4.71. The van der Waals surface area contributed by atoms with Gasteiger partial charge in [0.25, 0.3) is 0 Å². The Balaban J connectivity index is 1.82. The maximum absolute atomic E-state index is 8.98. The number of fused-ring (bicyclic) bond motifs is 1. The van der Waals surface area contributed by atoms with E-state index in [0.717, 1.165) is 59.3 Å². The van der Waals surface area contributed by atoms with Crippen LogP contribution in [0.25, 0.3) is 10.2 Å². The van der Waals surface area contributed by atoms with Crippen molar-refractivity contribution in [2.75, 3.05) is 50.0 Å². The van der Waals surface area contributed by atoms with Crippen LogP contribution in [0.1, 0.15) is 5.01 Å². The summed E-state index contributed by atoms with van der Waals surface area (Å²) >= 11 is 1.68. The van der Waals surface area contributed by atoms with Crippen LogP contribution in [0, 0.1) is 6.92 Å². The van der Waals surface area contributed by atoms with Crippen LogP contribution in [0.15, 0.2) is 12.1 Å². The van der Waals surface area contributed by atoms with Gasteiger partial charge >= 0.3 is 0 Å². The molecule has 0 saturated carbocycles. The predicted octanol–water partition coefficient (Wildman–Crippen LogP) is 1.30. The highest BCUT2D eigenvalue weighted by atomic mass is 32.1. The minimum absolute atomic E-state index is 0.228. The Morgan fingerprint density at radius 1 is 1.30 bits per heavy atom. The lowest BCUT2D eigenvalue weighted by molar-refractivity contribution is 0.189. The van der Waals surface area contributed by atoms with Crippen molar-refractivity contribution >= 4 is 32.9 Å². The lowest BCUT2D eigenvalue weighted by Crippen LogP contribution is -2.47. The molecular formula is C14H20N4OS. The van der Waals surface area contributed by atoms with Gasteiger partial charge in [0.1, 0.15) is 0 Å². The van der Waals surface area contributed by atoms with E-state index in [0.29, 0.717) is 0 Å². The quantitative estimate of drug-likeness (QED) is 0.835. The second-order valence-electron chi connectivity index (χ2n) is 5.16. The molecule has 0 spiro atoms. The zero-order valence-electron chi connectivity index (χ0n) is 11.7. The van der Waals surface area contributed by atoms with E-state index in [-0.39, 0.29) is 6.61 Å². The zero-order valence-corrected chi connectivity index (χ0v) is 12.5. The molecule has 0 amide bonds. The normalized spacial score (nSPS) is 17.0. The highest BCUT2D eigenvalue weighted by molar-refractivity contribution is 7.18. The molecular weight excluding hydrogens is 272 g/mol. The molecule has 0 aliphatic carbocycles. The number of thiazole rings is 1. The molecule has 0 atom stereocenters. The van der Waals surface area contributed by atoms with Crippen molar-refractivity contribution in [1.82, 2.24) is 9.88 Å². The summed E-state index contributed by atoms with van der Waals surface area (Å²) in [5, 5.41) is 10.1. The van der Waals surface area contributed by atoms with Crippen LogP contribution in [-0.4, -0.2) is 54.3 Å². The molecule has 0 unspecified atom stereocenters. The first-order chi connectivity index (χ1) is 9.67. The first-order valence-electron chi connectivity index (χ1n) is 6.92. The fourth-order valence-electron chi connectivity index (χ4n) is 2.72. The molecule has 6 heteroatoms. The summed E-state index contributed by atoms with van der Waals surface area (Å²) in [6.45, 7) is 6.83. The maximum Gasteiger partial charge on any atom is 0.0907 e. The monoisotopic (exact) mass is 292 g/mol. The molecule has 3 N–H and O–H groups in total. The summed E-state index contributed by atoms with van der Waals surface area (Å²) in [5.41, 5.74) is 9.16. The Morgan fingerprint density at radius 2 is 2.05 bits per heavy atom. The van der Waals surface area contributed by atoms with Gasteiger partial charge in [0.2, 0.25) is 0 Å². The average molecular weight is 292 g/mol. The highest BCUT2D eigenvalue weighted by Gasteiger charge is 2.19. The van der Waals surface area contributed by atoms with Crippen molar-refractivity contribution < 1.29 is 5.11 Å². The van der Waals surface area contributed by atoms with Crippen LogP contribution in [0.2, 0.25) is 0 Å². The van der Waals surface area contributed by atoms with E-state index in [2.05, 4.69) is 20.9 Å². The Bertz CT molecular complexity index is 604. The third-order valence-electron chi connectivity index (χ3n) is 3.77. The summed E-state index contributed by atoms with van der Waals surface area (Å²) in [5.74, 6) is 0. The van der Waals surface area contributed by atoms with Gasteiger partial charge in [0, 0.05) is 32.7 Å². The molecule has 1 aliphatic rings. The first-order valence-corrected chi connectivity index (χ1v) is 7.74. The maximum atomic E-state index is 8.98. The number of rotatable bonds is 3. The molecule has 2 heterocycles. The summed E-state index contributed by atoms with van der Waals surface area (Å²) in [6, 6.07) is 4.14. The lowest BCUT2D eigenvalue weighted by Gasteiger charge is -2.36. The number of aliphatic hydroxyl groups excluding tert-OH is 1. The molecule has 0 radical (unpaired) electrons. The molecule has 3 rings (SSSR count). The zero-order chi connectivity index (χ0) is 14.1. The van der Waals surface area contributed by atoms with Gasteiger partial charge < -0.3 is 15.7 Å². The number of hydrogen-bond donors (Lipinski definition) is 2.